The first-order valence-electron chi connectivity index (χ1n) is 8.33. The molecule has 1 unspecified atom stereocenters. The third-order valence-corrected chi connectivity index (χ3v) is 6.20. The Balaban J connectivity index is 1.50. The average molecular weight is 234 g/mol. The van der Waals surface area contributed by atoms with Crippen molar-refractivity contribution in [3.05, 3.63) is 0 Å². The van der Waals surface area contributed by atoms with Gasteiger partial charge in [0.2, 0.25) is 0 Å². The number of hydrogen-bond donors (Lipinski definition) is 0. The van der Waals surface area contributed by atoms with Gasteiger partial charge in [0.05, 0.1) is 0 Å². The summed E-state index contributed by atoms with van der Waals surface area (Å²) in [5.74, 6) is 6.83. The third kappa shape index (κ3) is 2.56. The van der Waals surface area contributed by atoms with Gasteiger partial charge in [-0.3, -0.25) is 0 Å². The molecule has 0 aromatic rings. The van der Waals surface area contributed by atoms with E-state index in [2.05, 4.69) is 13.8 Å². The lowest BCUT2D eigenvalue weighted by atomic mass is 9.87. The standard InChI is InChI=1S/C17H30/c1-3-12-8-10-15-16(11-12)17(15)14(4-2)9-7-13-5-6-13/h12-17H,3-11H2,1-2H3/t12-,14-,15-,16+,17?/m0/s1. The molecular formula is C17H30. The predicted molar refractivity (Wildman–Crippen MR) is 73.8 cm³/mol. The zero-order valence-electron chi connectivity index (χ0n) is 11.8. The molecule has 0 N–H and O–H groups in total. The molecule has 0 radical (unpaired) electrons. The molecule has 3 aliphatic carbocycles. The van der Waals surface area contributed by atoms with Crippen molar-refractivity contribution in [3.8, 4) is 0 Å². The van der Waals surface area contributed by atoms with Crippen molar-refractivity contribution in [1.82, 2.24) is 0 Å². The van der Waals surface area contributed by atoms with E-state index >= 15 is 0 Å². The van der Waals surface area contributed by atoms with Crippen LogP contribution in [0.3, 0.4) is 0 Å². The van der Waals surface area contributed by atoms with Crippen LogP contribution in [0, 0.1) is 35.5 Å². The first-order chi connectivity index (χ1) is 8.33. The maximum atomic E-state index is 2.44. The van der Waals surface area contributed by atoms with Crippen molar-refractivity contribution in [2.45, 2.75) is 71.6 Å². The van der Waals surface area contributed by atoms with E-state index < -0.39 is 0 Å². The summed E-state index contributed by atoms with van der Waals surface area (Å²) in [6, 6.07) is 0. The summed E-state index contributed by atoms with van der Waals surface area (Å²) in [6.45, 7) is 4.84. The predicted octanol–water partition coefficient (Wildman–Crippen LogP) is 5.28. The lowest BCUT2D eigenvalue weighted by molar-refractivity contribution is 0.332. The van der Waals surface area contributed by atoms with Gasteiger partial charge in [-0.05, 0) is 54.8 Å². The molecule has 3 aliphatic rings. The van der Waals surface area contributed by atoms with Crippen LogP contribution >= 0.6 is 0 Å². The Bertz CT molecular complexity index is 253. The van der Waals surface area contributed by atoms with Gasteiger partial charge in [0, 0.05) is 0 Å². The Morgan fingerprint density at radius 1 is 0.941 bits per heavy atom. The van der Waals surface area contributed by atoms with E-state index in [9.17, 15) is 0 Å². The molecule has 17 heavy (non-hydrogen) atoms. The van der Waals surface area contributed by atoms with Crippen molar-refractivity contribution >= 4 is 0 Å². The Morgan fingerprint density at radius 2 is 1.71 bits per heavy atom. The van der Waals surface area contributed by atoms with Crippen LogP contribution in [0.1, 0.15) is 71.6 Å². The Labute approximate surface area is 108 Å². The van der Waals surface area contributed by atoms with Crippen LogP contribution in [-0.4, -0.2) is 0 Å². The van der Waals surface area contributed by atoms with Crippen molar-refractivity contribution in [1.29, 1.82) is 0 Å². The van der Waals surface area contributed by atoms with Crippen molar-refractivity contribution in [3.63, 3.8) is 0 Å². The number of rotatable bonds is 6. The molecule has 3 rings (SSSR count). The fourth-order valence-corrected chi connectivity index (χ4v) is 4.74. The largest absolute Gasteiger partial charge is 0.0651 e. The fourth-order valence-electron chi connectivity index (χ4n) is 4.74. The molecule has 3 fully saturated rings. The fraction of sp³-hybridized carbons (Fsp3) is 1.00. The number of fused-ring (bicyclic) bond motifs is 1. The highest BCUT2D eigenvalue weighted by molar-refractivity contribution is 5.03. The Kier molecular flexibility index (Phi) is 3.50. The monoisotopic (exact) mass is 234 g/mol. The van der Waals surface area contributed by atoms with E-state index in [-0.39, 0.29) is 0 Å². The first kappa shape index (κ1) is 12.1. The SMILES string of the molecule is CC[C@H]1CC[C@@H]2C([C@@H](CC)CCC3CC3)[C@@H]2C1. The van der Waals surface area contributed by atoms with E-state index in [1.807, 2.05) is 0 Å². The summed E-state index contributed by atoms with van der Waals surface area (Å²) in [5, 5.41) is 0. The maximum absolute atomic E-state index is 2.44. The highest BCUT2D eigenvalue weighted by Crippen LogP contribution is 2.61. The maximum Gasteiger partial charge on any atom is -0.0323 e. The van der Waals surface area contributed by atoms with Gasteiger partial charge in [0.15, 0.2) is 0 Å². The molecule has 0 heterocycles. The second-order valence-corrected chi connectivity index (χ2v) is 7.18. The van der Waals surface area contributed by atoms with Crippen molar-refractivity contribution in [2.24, 2.45) is 35.5 Å². The minimum Gasteiger partial charge on any atom is -0.0651 e. The first-order valence-corrected chi connectivity index (χ1v) is 8.33. The van der Waals surface area contributed by atoms with Crippen molar-refractivity contribution in [2.75, 3.05) is 0 Å². The summed E-state index contributed by atoms with van der Waals surface area (Å²) in [6.07, 6.45) is 13.8. The molecule has 0 nitrogen and oxygen atoms in total. The van der Waals surface area contributed by atoms with Crippen LogP contribution in [0.4, 0.5) is 0 Å². The minimum absolute atomic E-state index is 1.09. The van der Waals surface area contributed by atoms with E-state index in [1.165, 1.54) is 18.8 Å². The van der Waals surface area contributed by atoms with Crippen LogP contribution < -0.4 is 0 Å². The zero-order valence-corrected chi connectivity index (χ0v) is 11.8. The van der Waals surface area contributed by atoms with Crippen LogP contribution in [-0.2, 0) is 0 Å². The molecular weight excluding hydrogens is 204 g/mol. The Hall–Kier alpha value is 0. The molecule has 3 saturated carbocycles. The number of hydrogen-bond acceptors (Lipinski definition) is 0. The van der Waals surface area contributed by atoms with Gasteiger partial charge in [-0.15, -0.1) is 0 Å². The van der Waals surface area contributed by atoms with Crippen LogP contribution in [0.15, 0.2) is 0 Å². The highest BCUT2D eigenvalue weighted by Gasteiger charge is 2.54. The summed E-state index contributed by atoms with van der Waals surface area (Å²) in [4.78, 5) is 0. The van der Waals surface area contributed by atoms with E-state index in [0.717, 1.165) is 29.6 Å². The lowest BCUT2D eigenvalue weighted by Crippen LogP contribution is -2.07. The molecule has 0 aromatic heterocycles. The summed E-state index contributed by atoms with van der Waals surface area (Å²) in [5.41, 5.74) is 0. The summed E-state index contributed by atoms with van der Waals surface area (Å²) >= 11 is 0. The molecule has 5 atom stereocenters. The summed E-state index contributed by atoms with van der Waals surface area (Å²) < 4.78 is 0. The van der Waals surface area contributed by atoms with Gasteiger partial charge in [0.1, 0.15) is 0 Å². The van der Waals surface area contributed by atoms with Crippen LogP contribution in [0.5, 0.6) is 0 Å². The van der Waals surface area contributed by atoms with Crippen molar-refractivity contribution < 1.29 is 0 Å². The molecule has 0 spiro atoms. The summed E-state index contributed by atoms with van der Waals surface area (Å²) in [7, 11) is 0. The van der Waals surface area contributed by atoms with Crippen LogP contribution in [0.2, 0.25) is 0 Å². The van der Waals surface area contributed by atoms with Gasteiger partial charge >= 0.3 is 0 Å². The van der Waals surface area contributed by atoms with Gasteiger partial charge < -0.3 is 0 Å². The van der Waals surface area contributed by atoms with E-state index in [0.29, 0.717) is 0 Å². The highest BCUT2D eigenvalue weighted by atomic mass is 14.6. The van der Waals surface area contributed by atoms with Gasteiger partial charge in [-0.25, -0.2) is 0 Å². The minimum atomic E-state index is 1.09. The van der Waals surface area contributed by atoms with Crippen LogP contribution in [0.25, 0.3) is 0 Å². The van der Waals surface area contributed by atoms with Gasteiger partial charge in [0.25, 0.3) is 0 Å². The quantitative estimate of drug-likeness (QED) is 0.587. The molecule has 0 bridgehead atoms. The van der Waals surface area contributed by atoms with E-state index in [1.54, 1.807) is 44.9 Å². The molecule has 0 saturated heterocycles. The molecule has 0 heteroatoms. The smallest absolute Gasteiger partial charge is 0.0323 e. The van der Waals surface area contributed by atoms with Gasteiger partial charge in [-0.2, -0.15) is 0 Å². The average Bonchev–Trinajstić information content (AvgIpc) is 3.25. The second-order valence-electron chi connectivity index (χ2n) is 7.18. The molecule has 0 aromatic carbocycles. The third-order valence-electron chi connectivity index (χ3n) is 6.20. The van der Waals surface area contributed by atoms with Gasteiger partial charge in [-0.1, -0.05) is 52.4 Å². The molecule has 98 valence electrons. The molecule has 0 amide bonds. The Morgan fingerprint density at radius 3 is 2.35 bits per heavy atom. The lowest BCUT2D eigenvalue weighted by Gasteiger charge is -2.18. The van der Waals surface area contributed by atoms with E-state index in [4.69, 9.17) is 0 Å². The normalized spacial score (nSPS) is 42.0. The topological polar surface area (TPSA) is 0 Å². The zero-order chi connectivity index (χ0) is 11.8. The molecule has 0 aliphatic heterocycles. The second kappa shape index (κ2) is 4.94.